The number of carbonyl (C=O) groups is 1. The third-order valence-corrected chi connectivity index (χ3v) is 2.76. The number of carbonyl (C=O) groups excluding carboxylic acids is 1. The van der Waals surface area contributed by atoms with Crippen LogP contribution in [-0.2, 0) is 4.79 Å². The Morgan fingerprint density at radius 2 is 1.94 bits per heavy atom. The van der Waals surface area contributed by atoms with Crippen molar-refractivity contribution in [1.82, 2.24) is 0 Å². The van der Waals surface area contributed by atoms with E-state index in [1.165, 1.54) is 6.26 Å². The van der Waals surface area contributed by atoms with E-state index in [1.54, 1.807) is 31.2 Å². The molecule has 0 fully saturated rings. The Balaban J connectivity index is 2.01. The van der Waals surface area contributed by atoms with Gasteiger partial charge in [0.05, 0.1) is 12.2 Å². The van der Waals surface area contributed by atoms with Crippen LogP contribution in [0.2, 0.25) is 0 Å². The molecule has 1 aromatic heterocycles. The molecular weight excluding hydrogens is 230 g/mol. The van der Waals surface area contributed by atoms with Gasteiger partial charge in [-0.3, -0.25) is 4.79 Å². The molecule has 0 aliphatic carbocycles. The Morgan fingerprint density at radius 1 is 1.22 bits per heavy atom. The normalized spacial score (nSPS) is 13.9. The van der Waals surface area contributed by atoms with E-state index in [9.17, 15) is 9.90 Å². The van der Waals surface area contributed by atoms with Crippen LogP contribution < -0.4 is 5.32 Å². The fourth-order valence-corrected chi connectivity index (χ4v) is 1.63. The summed E-state index contributed by atoms with van der Waals surface area (Å²) in [6.45, 7) is 1.66. The lowest BCUT2D eigenvalue weighted by atomic mass is 10.0. The molecule has 18 heavy (non-hydrogen) atoms. The van der Waals surface area contributed by atoms with Crippen LogP contribution in [0.4, 0.5) is 5.69 Å². The molecule has 0 radical (unpaired) electrons. The lowest BCUT2D eigenvalue weighted by Crippen LogP contribution is -2.25. The molecule has 0 aliphatic rings. The zero-order valence-electron chi connectivity index (χ0n) is 10.0. The maximum Gasteiger partial charge on any atom is 0.230 e. The average Bonchev–Trinajstić information content (AvgIpc) is 2.92. The van der Waals surface area contributed by atoms with E-state index in [0.29, 0.717) is 11.4 Å². The lowest BCUT2D eigenvalue weighted by Gasteiger charge is -2.16. The first-order valence-electron chi connectivity index (χ1n) is 5.76. The Morgan fingerprint density at radius 3 is 2.56 bits per heavy atom. The van der Waals surface area contributed by atoms with Crippen molar-refractivity contribution in [2.24, 2.45) is 5.92 Å². The molecule has 2 N–H and O–H groups in total. The van der Waals surface area contributed by atoms with E-state index >= 15 is 0 Å². The summed E-state index contributed by atoms with van der Waals surface area (Å²) in [4.78, 5) is 11.9. The highest BCUT2D eigenvalue weighted by Gasteiger charge is 2.25. The molecule has 2 rings (SSSR count). The molecule has 0 unspecified atom stereocenters. The van der Waals surface area contributed by atoms with Crippen molar-refractivity contribution in [3.05, 3.63) is 54.5 Å². The fraction of sp³-hybridized carbons (Fsp3) is 0.214. The molecule has 2 atom stereocenters. The summed E-state index contributed by atoms with van der Waals surface area (Å²) in [5.41, 5.74) is 0.709. The van der Waals surface area contributed by atoms with Crippen molar-refractivity contribution in [2.45, 2.75) is 13.0 Å². The van der Waals surface area contributed by atoms with Gasteiger partial charge in [-0.1, -0.05) is 25.1 Å². The van der Waals surface area contributed by atoms with Crippen LogP contribution in [-0.4, -0.2) is 11.0 Å². The van der Waals surface area contributed by atoms with Crippen LogP contribution in [0, 0.1) is 5.92 Å². The molecule has 1 amide bonds. The van der Waals surface area contributed by atoms with Crippen LogP contribution >= 0.6 is 0 Å². The minimum Gasteiger partial charge on any atom is -0.467 e. The van der Waals surface area contributed by atoms with E-state index < -0.39 is 12.0 Å². The largest absolute Gasteiger partial charge is 0.467 e. The maximum absolute atomic E-state index is 11.9. The minimum atomic E-state index is -0.941. The summed E-state index contributed by atoms with van der Waals surface area (Å²) in [7, 11) is 0. The summed E-state index contributed by atoms with van der Waals surface area (Å²) in [6, 6.07) is 12.5. The molecule has 0 aliphatic heterocycles. The van der Waals surface area contributed by atoms with Crippen molar-refractivity contribution >= 4 is 11.6 Å². The molecule has 0 bridgehead atoms. The van der Waals surface area contributed by atoms with E-state index in [-0.39, 0.29) is 5.91 Å². The van der Waals surface area contributed by atoms with Crippen molar-refractivity contribution in [1.29, 1.82) is 0 Å². The number of benzene rings is 1. The molecule has 4 heteroatoms. The molecule has 4 nitrogen and oxygen atoms in total. The smallest absolute Gasteiger partial charge is 0.230 e. The number of hydrogen-bond acceptors (Lipinski definition) is 3. The van der Waals surface area contributed by atoms with Gasteiger partial charge in [0.25, 0.3) is 0 Å². The van der Waals surface area contributed by atoms with Crippen molar-refractivity contribution in [2.75, 3.05) is 5.32 Å². The van der Waals surface area contributed by atoms with Gasteiger partial charge in [0, 0.05) is 5.69 Å². The van der Waals surface area contributed by atoms with Crippen LogP contribution in [0.5, 0.6) is 0 Å². The second-order valence-corrected chi connectivity index (χ2v) is 4.10. The molecule has 0 saturated heterocycles. The Kier molecular flexibility index (Phi) is 3.79. The van der Waals surface area contributed by atoms with E-state index in [2.05, 4.69) is 5.32 Å². The highest BCUT2D eigenvalue weighted by molar-refractivity contribution is 5.92. The summed E-state index contributed by atoms with van der Waals surface area (Å²) < 4.78 is 5.09. The van der Waals surface area contributed by atoms with Gasteiger partial charge < -0.3 is 14.8 Å². The number of para-hydroxylation sites is 1. The molecule has 0 spiro atoms. The standard InChI is InChI=1S/C14H15NO3/c1-10(13(16)12-8-5-9-18-12)14(17)15-11-6-3-2-4-7-11/h2-10,13,16H,1H3,(H,15,17)/t10-,13+/m1/s1. The number of amides is 1. The summed E-state index contributed by atoms with van der Waals surface area (Å²) in [5.74, 6) is -0.438. The zero-order chi connectivity index (χ0) is 13.0. The monoisotopic (exact) mass is 245 g/mol. The van der Waals surface area contributed by atoms with Crippen LogP contribution in [0.25, 0.3) is 0 Å². The van der Waals surface area contributed by atoms with Gasteiger partial charge in [-0.2, -0.15) is 0 Å². The van der Waals surface area contributed by atoms with Gasteiger partial charge in [0.1, 0.15) is 11.9 Å². The molecular formula is C14H15NO3. The lowest BCUT2D eigenvalue weighted by molar-refractivity contribution is -0.123. The third kappa shape index (κ3) is 2.78. The van der Waals surface area contributed by atoms with Crippen LogP contribution in [0.3, 0.4) is 0 Å². The zero-order valence-corrected chi connectivity index (χ0v) is 10.0. The molecule has 1 aromatic carbocycles. The quantitative estimate of drug-likeness (QED) is 0.870. The first kappa shape index (κ1) is 12.4. The topological polar surface area (TPSA) is 62.5 Å². The van der Waals surface area contributed by atoms with E-state index in [4.69, 9.17) is 4.42 Å². The second-order valence-electron chi connectivity index (χ2n) is 4.10. The van der Waals surface area contributed by atoms with Gasteiger partial charge in [0.2, 0.25) is 5.91 Å². The fourth-order valence-electron chi connectivity index (χ4n) is 1.63. The van der Waals surface area contributed by atoms with Crippen molar-refractivity contribution in [3.8, 4) is 0 Å². The number of nitrogens with one attached hydrogen (secondary N) is 1. The summed E-state index contributed by atoms with van der Waals surface area (Å²) in [5, 5.41) is 12.7. The predicted molar refractivity (Wildman–Crippen MR) is 67.9 cm³/mol. The Hall–Kier alpha value is -2.07. The van der Waals surface area contributed by atoms with Gasteiger partial charge >= 0.3 is 0 Å². The maximum atomic E-state index is 11.9. The highest BCUT2D eigenvalue weighted by Crippen LogP contribution is 2.23. The number of hydrogen-bond donors (Lipinski definition) is 2. The number of aliphatic hydroxyl groups is 1. The molecule has 0 saturated carbocycles. The number of aliphatic hydroxyl groups excluding tert-OH is 1. The molecule has 2 aromatic rings. The first-order chi connectivity index (χ1) is 8.68. The first-order valence-corrected chi connectivity index (χ1v) is 5.76. The van der Waals surface area contributed by atoms with Gasteiger partial charge in [0.15, 0.2) is 0 Å². The molecule has 1 heterocycles. The van der Waals surface area contributed by atoms with E-state index in [1.807, 2.05) is 18.2 Å². The Bertz CT molecular complexity index is 493. The third-order valence-electron chi connectivity index (χ3n) is 2.76. The van der Waals surface area contributed by atoms with Gasteiger partial charge in [-0.15, -0.1) is 0 Å². The van der Waals surface area contributed by atoms with Crippen molar-refractivity contribution < 1.29 is 14.3 Å². The van der Waals surface area contributed by atoms with Crippen molar-refractivity contribution in [3.63, 3.8) is 0 Å². The number of anilines is 1. The summed E-state index contributed by atoms with van der Waals surface area (Å²) in [6.07, 6.45) is 0.532. The number of rotatable bonds is 4. The van der Waals surface area contributed by atoms with Gasteiger partial charge in [-0.25, -0.2) is 0 Å². The van der Waals surface area contributed by atoms with Gasteiger partial charge in [-0.05, 0) is 24.3 Å². The minimum absolute atomic E-state index is 0.245. The van der Waals surface area contributed by atoms with Crippen LogP contribution in [0.1, 0.15) is 18.8 Å². The predicted octanol–water partition coefficient (Wildman–Crippen LogP) is 2.59. The average molecular weight is 245 g/mol. The second kappa shape index (κ2) is 5.51. The SMILES string of the molecule is C[C@@H](C(=O)Nc1ccccc1)[C@H](O)c1ccco1. The Labute approximate surface area is 105 Å². The summed E-state index contributed by atoms with van der Waals surface area (Å²) >= 11 is 0. The van der Waals surface area contributed by atoms with Crippen LogP contribution in [0.15, 0.2) is 53.1 Å². The number of furan rings is 1. The molecule has 94 valence electrons. The van der Waals surface area contributed by atoms with E-state index in [0.717, 1.165) is 0 Å². The highest BCUT2D eigenvalue weighted by atomic mass is 16.4.